The van der Waals surface area contributed by atoms with Crippen LogP contribution < -0.4 is 4.74 Å². The standard InChI is InChI=1S/C25H28O3.Pb/c1-25-14-13-20-19-10-8-18(28-24(27)16-5-3-2-4-6-16)15-17(19)7-9-21(20)22(25)11-12-23(25)26;/h2-6,8,10,15,20-23,26H,7,9,11-14H2,1H3;/t20-,21-,22+,23-,25+;/m1./s1. The average Bonchev–Trinajstić information content (AvgIpc) is 3.03. The summed E-state index contributed by atoms with van der Waals surface area (Å²) in [6, 6.07) is 15.4. The second kappa shape index (κ2) is 8.14. The molecule has 3 aliphatic rings. The summed E-state index contributed by atoms with van der Waals surface area (Å²) in [5.74, 6) is 2.25. The normalized spacial score (nSPS) is 32.3. The number of carbonyl (C=O) groups is 1. The molecule has 2 fully saturated rings. The third-order valence-electron chi connectivity index (χ3n) is 7.87. The largest absolute Gasteiger partial charge is 0.423 e. The average molecular weight is 584 g/mol. The Morgan fingerprint density at radius 3 is 2.66 bits per heavy atom. The molecule has 2 aromatic rings. The molecule has 150 valence electrons. The van der Waals surface area contributed by atoms with Crippen LogP contribution in [0.1, 0.15) is 66.4 Å². The van der Waals surface area contributed by atoms with Crippen molar-refractivity contribution >= 4 is 33.3 Å². The van der Waals surface area contributed by atoms with Gasteiger partial charge in [0.05, 0.1) is 11.7 Å². The first-order chi connectivity index (χ1) is 13.6. The van der Waals surface area contributed by atoms with Gasteiger partial charge in [-0.05, 0) is 97.1 Å². The van der Waals surface area contributed by atoms with Crippen LogP contribution in [-0.4, -0.2) is 44.5 Å². The summed E-state index contributed by atoms with van der Waals surface area (Å²) in [5.41, 5.74) is 3.47. The van der Waals surface area contributed by atoms with Crippen molar-refractivity contribution in [2.24, 2.45) is 17.3 Å². The summed E-state index contributed by atoms with van der Waals surface area (Å²) in [4.78, 5) is 12.4. The number of hydrogen-bond donors (Lipinski definition) is 1. The van der Waals surface area contributed by atoms with Crippen LogP contribution in [0.25, 0.3) is 0 Å². The number of ether oxygens (including phenoxy) is 1. The van der Waals surface area contributed by atoms with Gasteiger partial charge in [-0.1, -0.05) is 31.2 Å². The molecule has 0 bridgehead atoms. The van der Waals surface area contributed by atoms with Gasteiger partial charge >= 0.3 is 5.97 Å². The summed E-state index contributed by atoms with van der Waals surface area (Å²) < 4.78 is 5.63. The van der Waals surface area contributed by atoms with Crippen LogP contribution in [0.15, 0.2) is 48.5 Å². The van der Waals surface area contributed by atoms with Crippen LogP contribution in [0.2, 0.25) is 0 Å². The first-order valence-corrected chi connectivity index (χ1v) is 10.6. The van der Waals surface area contributed by atoms with Crippen molar-refractivity contribution in [1.29, 1.82) is 0 Å². The van der Waals surface area contributed by atoms with E-state index in [1.807, 2.05) is 24.3 Å². The molecule has 3 aliphatic carbocycles. The van der Waals surface area contributed by atoms with Crippen LogP contribution in [0.3, 0.4) is 0 Å². The van der Waals surface area contributed by atoms with Gasteiger partial charge in [-0.3, -0.25) is 0 Å². The number of carbonyl (C=O) groups excluding carboxylic acids is 1. The number of aliphatic hydroxyl groups excluding tert-OH is 1. The Kier molecular flexibility index (Phi) is 5.91. The Morgan fingerprint density at radius 1 is 1.07 bits per heavy atom. The molecule has 1 N–H and O–H groups in total. The van der Waals surface area contributed by atoms with E-state index in [1.165, 1.54) is 24.0 Å². The first-order valence-electron chi connectivity index (χ1n) is 10.6. The SMILES string of the molecule is C[C@]12CC[C@@H]3c4ccc(OC(=O)c5ccccc5)cc4CC[C@H]3[C@@H]1CC[C@H]2O.[Pb]. The Hall–Kier alpha value is -1.21. The van der Waals surface area contributed by atoms with Gasteiger partial charge in [0, 0.05) is 27.3 Å². The third-order valence-corrected chi connectivity index (χ3v) is 7.87. The maximum absolute atomic E-state index is 12.4. The van der Waals surface area contributed by atoms with Crippen molar-refractivity contribution in [3.63, 3.8) is 0 Å². The molecule has 0 aliphatic heterocycles. The van der Waals surface area contributed by atoms with Crippen molar-refractivity contribution in [1.82, 2.24) is 0 Å². The van der Waals surface area contributed by atoms with E-state index in [-0.39, 0.29) is 44.8 Å². The minimum Gasteiger partial charge on any atom is -0.423 e. The van der Waals surface area contributed by atoms with Crippen molar-refractivity contribution in [2.75, 3.05) is 0 Å². The molecular weight excluding hydrogens is 555 g/mol. The summed E-state index contributed by atoms with van der Waals surface area (Å²) in [6.45, 7) is 2.31. The molecular formula is C25H28O3Pb. The molecule has 4 radical (unpaired) electrons. The zero-order valence-electron chi connectivity index (χ0n) is 16.9. The fourth-order valence-electron chi connectivity index (χ4n) is 6.33. The predicted octanol–water partition coefficient (Wildman–Crippen LogP) is 4.74. The van der Waals surface area contributed by atoms with Crippen molar-refractivity contribution in [3.8, 4) is 5.75 Å². The number of rotatable bonds is 2. The van der Waals surface area contributed by atoms with E-state index in [9.17, 15) is 9.90 Å². The van der Waals surface area contributed by atoms with Crippen molar-refractivity contribution in [2.45, 2.75) is 57.5 Å². The molecule has 5 rings (SSSR count). The second-order valence-corrected chi connectivity index (χ2v) is 9.17. The Balaban J connectivity index is 0.00000205. The van der Waals surface area contributed by atoms with Crippen LogP contribution in [0, 0.1) is 17.3 Å². The second-order valence-electron chi connectivity index (χ2n) is 9.17. The molecule has 3 nitrogen and oxygen atoms in total. The van der Waals surface area contributed by atoms with Crippen LogP contribution in [-0.2, 0) is 6.42 Å². The van der Waals surface area contributed by atoms with Gasteiger partial charge < -0.3 is 9.84 Å². The monoisotopic (exact) mass is 584 g/mol. The van der Waals surface area contributed by atoms with E-state index in [0.29, 0.717) is 29.1 Å². The molecule has 0 aromatic heterocycles. The summed E-state index contributed by atoms with van der Waals surface area (Å²) in [7, 11) is 0. The maximum atomic E-state index is 12.4. The third kappa shape index (κ3) is 3.58. The minimum atomic E-state index is -0.303. The summed E-state index contributed by atoms with van der Waals surface area (Å²) >= 11 is 0. The molecule has 0 unspecified atom stereocenters. The Labute approximate surface area is 193 Å². The van der Waals surface area contributed by atoms with Gasteiger partial charge in [0.25, 0.3) is 0 Å². The van der Waals surface area contributed by atoms with E-state index in [1.54, 1.807) is 12.1 Å². The fourth-order valence-corrected chi connectivity index (χ4v) is 6.33. The molecule has 2 aromatic carbocycles. The van der Waals surface area contributed by atoms with E-state index in [4.69, 9.17) is 4.74 Å². The van der Waals surface area contributed by atoms with Crippen molar-refractivity contribution in [3.05, 3.63) is 65.2 Å². The smallest absolute Gasteiger partial charge is 0.343 e. The van der Waals surface area contributed by atoms with E-state index in [0.717, 1.165) is 25.7 Å². The zero-order chi connectivity index (χ0) is 19.3. The number of esters is 1. The molecule has 0 spiro atoms. The van der Waals surface area contributed by atoms with E-state index >= 15 is 0 Å². The molecule has 4 heteroatoms. The van der Waals surface area contributed by atoms with Gasteiger partial charge in [0.1, 0.15) is 5.75 Å². The van der Waals surface area contributed by atoms with E-state index < -0.39 is 0 Å². The van der Waals surface area contributed by atoms with Gasteiger partial charge in [0.2, 0.25) is 0 Å². The van der Waals surface area contributed by atoms with Gasteiger partial charge in [-0.15, -0.1) is 0 Å². The topological polar surface area (TPSA) is 46.5 Å². The first kappa shape index (κ1) is 21.0. The fraction of sp³-hybridized carbons (Fsp3) is 0.480. The summed E-state index contributed by atoms with van der Waals surface area (Å²) in [5, 5.41) is 10.5. The number of fused-ring (bicyclic) bond motifs is 5. The Morgan fingerprint density at radius 2 is 1.86 bits per heavy atom. The molecule has 29 heavy (non-hydrogen) atoms. The minimum absolute atomic E-state index is 0. The van der Waals surface area contributed by atoms with E-state index in [2.05, 4.69) is 19.1 Å². The van der Waals surface area contributed by atoms with Crippen LogP contribution in [0.4, 0.5) is 0 Å². The molecule has 0 heterocycles. The molecule has 2 saturated carbocycles. The van der Waals surface area contributed by atoms with Gasteiger partial charge in [0.15, 0.2) is 0 Å². The maximum Gasteiger partial charge on any atom is 0.343 e. The van der Waals surface area contributed by atoms with Crippen molar-refractivity contribution < 1.29 is 14.6 Å². The number of aryl methyl sites for hydroxylation is 1. The summed E-state index contributed by atoms with van der Waals surface area (Å²) in [6.07, 6.45) is 6.50. The van der Waals surface area contributed by atoms with Gasteiger partial charge in [-0.2, -0.15) is 0 Å². The zero-order valence-corrected chi connectivity index (χ0v) is 20.8. The van der Waals surface area contributed by atoms with Crippen LogP contribution >= 0.6 is 0 Å². The number of aliphatic hydroxyl groups is 1. The number of benzene rings is 2. The Bertz CT molecular complexity index is 896. The number of hydrogen-bond acceptors (Lipinski definition) is 3. The van der Waals surface area contributed by atoms with Crippen LogP contribution in [0.5, 0.6) is 5.75 Å². The van der Waals surface area contributed by atoms with Gasteiger partial charge in [-0.25, -0.2) is 4.79 Å². The predicted molar refractivity (Wildman–Crippen MR) is 114 cm³/mol. The quantitative estimate of drug-likeness (QED) is 0.316. The molecule has 0 saturated heterocycles. The molecule has 0 amide bonds. The molecule has 5 atom stereocenters.